The van der Waals surface area contributed by atoms with Crippen LogP contribution < -0.4 is 0 Å². The number of unbranched alkanes of at least 4 members (excludes halogenated alkanes) is 7. The van der Waals surface area contributed by atoms with Crippen molar-refractivity contribution in [2.24, 2.45) is 5.92 Å². The van der Waals surface area contributed by atoms with E-state index in [-0.39, 0.29) is 34.7 Å². The molecule has 4 rings (SSSR count). The Bertz CT molecular complexity index is 749. The second-order valence-electron chi connectivity index (χ2n) is 11.6. The first-order valence-electron chi connectivity index (χ1n) is 14.5. The van der Waals surface area contributed by atoms with Crippen LogP contribution in [0.2, 0.25) is 0 Å². The summed E-state index contributed by atoms with van der Waals surface area (Å²) < 4.78 is 36.0. The molecular weight excluding hydrogens is 540 g/mol. The van der Waals surface area contributed by atoms with E-state index >= 15 is 0 Å². The lowest BCUT2D eigenvalue weighted by Crippen LogP contribution is -2.44. The Hall–Kier alpha value is -0.510. The Labute approximate surface area is 231 Å². The van der Waals surface area contributed by atoms with Crippen molar-refractivity contribution in [3.63, 3.8) is 0 Å². The molecule has 0 aliphatic carbocycles. The zero-order valence-corrected chi connectivity index (χ0v) is 24.6. The van der Waals surface area contributed by atoms with E-state index in [1.54, 1.807) is 6.08 Å². The summed E-state index contributed by atoms with van der Waals surface area (Å²) >= 11 is 3.82. The molecule has 4 saturated heterocycles. The summed E-state index contributed by atoms with van der Waals surface area (Å²) in [6, 6.07) is 0. The topological polar surface area (TPSA) is 72.5 Å². The molecule has 37 heavy (non-hydrogen) atoms. The van der Waals surface area contributed by atoms with Crippen LogP contribution in [-0.4, -0.2) is 59.7 Å². The van der Waals surface area contributed by atoms with E-state index in [4.69, 9.17) is 28.4 Å². The number of hydrogen-bond donors (Lipinski definition) is 0. The molecule has 4 heterocycles. The number of carbonyl (C=O) groups is 1. The highest BCUT2D eigenvalue weighted by atomic mass is 79.9. The molecule has 8 heteroatoms. The Morgan fingerprint density at radius 2 is 1.62 bits per heavy atom. The van der Waals surface area contributed by atoms with E-state index in [1.807, 2.05) is 13.8 Å². The van der Waals surface area contributed by atoms with Crippen LogP contribution in [0.5, 0.6) is 0 Å². The number of alkyl halides is 1. The predicted octanol–water partition coefficient (Wildman–Crippen LogP) is 6.56. The lowest BCUT2D eigenvalue weighted by Gasteiger charge is -2.29. The molecule has 212 valence electrons. The molecule has 0 aromatic heterocycles. The van der Waals surface area contributed by atoms with Gasteiger partial charge in [-0.2, -0.15) is 0 Å². The van der Waals surface area contributed by atoms with Crippen LogP contribution >= 0.6 is 15.9 Å². The smallest absolute Gasteiger partial charge is 0.339 e. The average molecular weight is 588 g/mol. The van der Waals surface area contributed by atoms with E-state index in [1.165, 1.54) is 32.1 Å². The van der Waals surface area contributed by atoms with Crippen molar-refractivity contribution in [2.75, 3.05) is 13.2 Å². The van der Waals surface area contributed by atoms with E-state index in [0.29, 0.717) is 19.6 Å². The fraction of sp³-hybridized carbons (Fsp3) is 0.897. The summed E-state index contributed by atoms with van der Waals surface area (Å²) in [5.41, 5.74) is -1.07. The molecule has 0 amide bonds. The van der Waals surface area contributed by atoms with Crippen LogP contribution in [0.1, 0.15) is 104 Å². The summed E-state index contributed by atoms with van der Waals surface area (Å²) in [7, 11) is 0. The molecule has 0 bridgehead atoms. The minimum atomic E-state index is -1.07. The van der Waals surface area contributed by atoms with Crippen LogP contribution in [0, 0.1) is 5.92 Å². The van der Waals surface area contributed by atoms with Crippen molar-refractivity contribution in [3.05, 3.63) is 12.7 Å². The van der Waals surface area contributed by atoms with Gasteiger partial charge in [0.25, 0.3) is 0 Å². The Kier molecular flexibility index (Phi) is 10.2. The second kappa shape index (κ2) is 12.8. The van der Waals surface area contributed by atoms with Gasteiger partial charge in [0.2, 0.25) is 0 Å². The van der Waals surface area contributed by atoms with Crippen molar-refractivity contribution in [1.82, 2.24) is 0 Å². The van der Waals surface area contributed by atoms with E-state index < -0.39 is 17.7 Å². The molecule has 0 aromatic rings. The third kappa shape index (κ3) is 6.80. The molecule has 0 radical (unpaired) electrons. The molecule has 7 nitrogen and oxygen atoms in total. The molecule has 1 unspecified atom stereocenters. The van der Waals surface area contributed by atoms with Gasteiger partial charge in [-0.05, 0) is 33.1 Å². The highest BCUT2D eigenvalue weighted by Crippen LogP contribution is 2.51. The minimum Gasteiger partial charge on any atom is -0.458 e. The first-order chi connectivity index (χ1) is 17.7. The highest BCUT2D eigenvalue weighted by Gasteiger charge is 2.67. The van der Waals surface area contributed by atoms with Gasteiger partial charge in [0.05, 0.1) is 24.0 Å². The number of cyclic esters (lactones) is 1. The zero-order chi connectivity index (χ0) is 26.5. The maximum absolute atomic E-state index is 13.0. The van der Waals surface area contributed by atoms with Gasteiger partial charge in [-0.15, -0.1) is 6.58 Å². The van der Waals surface area contributed by atoms with E-state index in [0.717, 1.165) is 44.9 Å². The van der Waals surface area contributed by atoms with Gasteiger partial charge >= 0.3 is 5.97 Å². The van der Waals surface area contributed by atoms with Gasteiger partial charge in [0.1, 0.15) is 12.2 Å². The second-order valence-corrected chi connectivity index (χ2v) is 12.8. The molecule has 4 aliphatic heterocycles. The minimum absolute atomic E-state index is 0.0390. The number of ether oxygens (including phenoxy) is 6. The van der Waals surface area contributed by atoms with Crippen molar-refractivity contribution < 1.29 is 33.2 Å². The standard InChI is InChI=1S/C29H47BrO7/c1-5-7-8-10-13-16-28(32-18-19-33-28)17-14-11-9-12-15-22(30)24-21(6-2)29(26(31)34-24)20-23-25(37-29)36-27(3,4)35-23/h6,21-25H,2,5,7-20H2,1,3-4H3/t21-,22?,23+,24-,25-,29-/m0/s1. The van der Waals surface area contributed by atoms with E-state index in [2.05, 4.69) is 29.4 Å². The lowest BCUT2D eigenvalue weighted by atomic mass is 9.81. The quantitative estimate of drug-likeness (QED) is 0.0930. The van der Waals surface area contributed by atoms with Crippen LogP contribution in [0.3, 0.4) is 0 Å². The molecule has 4 aliphatic rings. The lowest BCUT2D eigenvalue weighted by molar-refractivity contribution is -0.227. The third-order valence-corrected chi connectivity index (χ3v) is 9.30. The monoisotopic (exact) mass is 586 g/mol. The summed E-state index contributed by atoms with van der Waals surface area (Å²) in [6.07, 6.45) is 14.7. The van der Waals surface area contributed by atoms with Crippen LogP contribution in [-0.2, 0) is 33.2 Å². The summed E-state index contributed by atoms with van der Waals surface area (Å²) in [6.45, 7) is 11.4. The Morgan fingerprint density at radius 3 is 2.24 bits per heavy atom. The largest absolute Gasteiger partial charge is 0.458 e. The van der Waals surface area contributed by atoms with Gasteiger partial charge in [-0.25, -0.2) is 4.79 Å². The van der Waals surface area contributed by atoms with Crippen LogP contribution in [0.25, 0.3) is 0 Å². The van der Waals surface area contributed by atoms with Crippen molar-refractivity contribution in [1.29, 1.82) is 0 Å². The maximum atomic E-state index is 13.0. The number of hydrogen-bond acceptors (Lipinski definition) is 7. The molecule has 0 aromatic carbocycles. The fourth-order valence-corrected chi connectivity index (χ4v) is 7.18. The van der Waals surface area contributed by atoms with Crippen LogP contribution in [0.15, 0.2) is 12.7 Å². The number of rotatable bonds is 15. The van der Waals surface area contributed by atoms with Gasteiger partial charge in [0, 0.05) is 19.3 Å². The average Bonchev–Trinajstić information content (AvgIpc) is 3.58. The molecule has 1 spiro atoms. The first kappa shape index (κ1) is 29.5. The Morgan fingerprint density at radius 1 is 0.973 bits per heavy atom. The van der Waals surface area contributed by atoms with Gasteiger partial charge < -0.3 is 28.4 Å². The van der Waals surface area contributed by atoms with E-state index in [9.17, 15) is 4.79 Å². The number of carbonyl (C=O) groups excluding carboxylic acids is 1. The van der Waals surface area contributed by atoms with Crippen molar-refractivity contribution in [3.8, 4) is 0 Å². The first-order valence-corrected chi connectivity index (χ1v) is 15.4. The van der Waals surface area contributed by atoms with Gasteiger partial charge in [-0.3, -0.25) is 0 Å². The zero-order valence-electron chi connectivity index (χ0n) is 23.0. The summed E-state index contributed by atoms with van der Waals surface area (Å²) in [5.74, 6) is -1.64. The van der Waals surface area contributed by atoms with Gasteiger partial charge in [0.15, 0.2) is 23.5 Å². The molecule has 0 N–H and O–H groups in total. The normalized spacial score (nSPS) is 34.6. The molecule has 0 saturated carbocycles. The van der Waals surface area contributed by atoms with Crippen molar-refractivity contribution >= 4 is 21.9 Å². The highest BCUT2D eigenvalue weighted by molar-refractivity contribution is 9.09. The summed E-state index contributed by atoms with van der Waals surface area (Å²) in [5, 5.41) is 0. The third-order valence-electron chi connectivity index (χ3n) is 8.32. The number of fused-ring (bicyclic) bond motifs is 1. The number of esters is 1. The van der Waals surface area contributed by atoms with Crippen molar-refractivity contribution in [2.45, 2.75) is 145 Å². The van der Waals surface area contributed by atoms with Crippen LogP contribution in [0.4, 0.5) is 0 Å². The van der Waals surface area contributed by atoms with Gasteiger partial charge in [-0.1, -0.05) is 73.9 Å². The molecule has 4 fully saturated rings. The number of halogens is 1. The maximum Gasteiger partial charge on any atom is 0.339 e. The fourth-order valence-electron chi connectivity index (χ4n) is 6.42. The Balaban J connectivity index is 1.18. The summed E-state index contributed by atoms with van der Waals surface area (Å²) in [4.78, 5) is 13.1. The molecule has 6 atom stereocenters. The SMILES string of the molecule is C=C[C@H]1[C@@H](C(Br)CCCCCCC2(CCCCCCC)OCCO2)OC(=O)[C@]12C[C@H]1OC(C)(C)O[C@H]1O2. The molecular formula is C29H47BrO7. The predicted molar refractivity (Wildman–Crippen MR) is 144 cm³/mol.